The summed E-state index contributed by atoms with van der Waals surface area (Å²) < 4.78 is 57.1. The average Bonchev–Trinajstić information content (AvgIpc) is 3.21. The van der Waals surface area contributed by atoms with Crippen LogP contribution in [0.3, 0.4) is 0 Å². The highest BCUT2D eigenvalue weighted by Crippen LogP contribution is 2.31. The van der Waals surface area contributed by atoms with E-state index in [2.05, 4.69) is 0 Å². The molecule has 0 amide bonds. The molecule has 1 aromatic rings. The van der Waals surface area contributed by atoms with Crippen molar-refractivity contribution >= 4 is 37.4 Å². The van der Waals surface area contributed by atoms with Gasteiger partial charge in [-0.1, -0.05) is 11.6 Å². The Morgan fingerprint density at radius 2 is 2.07 bits per heavy atom. The highest BCUT2D eigenvalue weighted by atomic mass is 35.5. The van der Waals surface area contributed by atoms with Gasteiger partial charge in [0, 0.05) is 19.2 Å². The van der Waals surface area contributed by atoms with Crippen LogP contribution in [0.1, 0.15) is 29.6 Å². The number of benzene rings is 1. The Morgan fingerprint density at radius 3 is 2.63 bits per heavy atom. The van der Waals surface area contributed by atoms with Gasteiger partial charge in [0.05, 0.1) is 28.2 Å². The van der Waals surface area contributed by atoms with Gasteiger partial charge in [0.15, 0.2) is 9.84 Å². The number of sulfone groups is 1. The van der Waals surface area contributed by atoms with Crippen LogP contribution in [-0.4, -0.2) is 69.0 Å². The van der Waals surface area contributed by atoms with Gasteiger partial charge >= 0.3 is 5.97 Å². The van der Waals surface area contributed by atoms with Gasteiger partial charge in [-0.15, -0.1) is 0 Å². The lowest BCUT2D eigenvalue weighted by Gasteiger charge is -2.29. The molecule has 3 rings (SSSR count). The minimum atomic E-state index is -4.22. The number of halogens is 1. The summed E-state index contributed by atoms with van der Waals surface area (Å²) in [5.74, 6) is -1.63. The number of hydrogen-bond acceptors (Lipinski definition) is 6. The van der Waals surface area contributed by atoms with E-state index in [-0.39, 0.29) is 46.1 Å². The van der Waals surface area contributed by atoms with Gasteiger partial charge in [0.25, 0.3) is 0 Å². The molecule has 2 heterocycles. The van der Waals surface area contributed by atoms with Crippen LogP contribution in [0.2, 0.25) is 5.02 Å². The molecule has 2 aliphatic rings. The van der Waals surface area contributed by atoms with Crippen LogP contribution in [0.5, 0.6) is 0 Å². The maximum absolute atomic E-state index is 13.3. The van der Waals surface area contributed by atoms with Crippen LogP contribution in [-0.2, 0) is 24.6 Å². The normalized spacial score (nSPS) is 25.1. The first-order valence-electron chi connectivity index (χ1n) is 8.47. The van der Waals surface area contributed by atoms with E-state index in [9.17, 15) is 21.6 Å². The summed E-state index contributed by atoms with van der Waals surface area (Å²) >= 11 is 6.06. The number of ether oxygens (including phenoxy) is 1. The molecule has 1 N–H and O–H groups in total. The molecule has 2 saturated heterocycles. The maximum Gasteiger partial charge on any atom is 0.335 e. The third-order valence-electron chi connectivity index (χ3n) is 4.79. The molecule has 2 aliphatic heterocycles. The largest absolute Gasteiger partial charge is 0.478 e. The lowest BCUT2D eigenvalue weighted by molar-refractivity contribution is 0.0696. The predicted molar refractivity (Wildman–Crippen MR) is 98.3 cm³/mol. The van der Waals surface area contributed by atoms with E-state index in [0.717, 1.165) is 16.8 Å². The Morgan fingerprint density at radius 1 is 1.33 bits per heavy atom. The topological polar surface area (TPSA) is 118 Å². The minimum Gasteiger partial charge on any atom is -0.478 e. The summed E-state index contributed by atoms with van der Waals surface area (Å²) in [5, 5.41) is 9.05. The first-order valence-corrected chi connectivity index (χ1v) is 12.1. The summed E-state index contributed by atoms with van der Waals surface area (Å²) in [7, 11) is -7.54. The molecule has 2 atom stereocenters. The lowest BCUT2D eigenvalue weighted by atomic mass is 10.2. The number of carboxylic acids is 1. The lowest BCUT2D eigenvalue weighted by Crippen LogP contribution is -2.45. The van der Waals surface area contributed by atoms with Crippen LogP contribution in [0.4, 0.5) is 0 Å². The minimum absolute atomic E-state index is 0.0101. The SMILES string of the molecule is O=C(O)c1ccc(Cl)c(S(=O)(=O)N(C[C@@H]2CCCO2)[C@@H]2CCS(=O)(=O)C2)c1. The van der Waals surface area contributed by atoms with Gasteiger partial charge in [-0.25, -0.2) is 21.6 Å². The summed E-state index contributed by atoms with van der Waals surface area (Å²) in [6.07, 6.45) is 1.33. The maximum atomic E-state index is 13.3. The van der Waals surface area contributed by atoms with Crippen LogP contribution in [0.25, 0.3) is 0 Å². The van der Waals surface area contributed by atoms with E-state index in [1.165, 1.54) is 12.1 Å². The van der Waals surface area contributed by atoms with Crippen molar-refractivity contribution < 1.29 is 31.5 Å². The van der Waals surface area contributed by atoms with E-state index >= 15 is 0 Å². The quantitative estimate of drug-likeness (QED) is 0.714. The molecule has 1 aromatic carbocycles. The van der Waals surface area contributed by atoms with E-state index < -0.39 is 31.9 Å². The monoisotopic (exact) mass is 437 g/mol. The van der Waals surface area contributed by atoms with E-state index in [0.29, 0.717) is 13.0 Å². The molecule has 0 aromatic heterocycles. The molecule has 11 heteroatoms. The Kier molecular flexibility index (Phi) is 5.83. The smallest absolute Gasteiger partial charge is 0.335 e. The third-order valence-corrected chi connectivity index (χ3v) is 8.94. The van der Waals surface area contributed by atoms with Crippen molar-refractivity contribution in [3.63, 3.8) is 0 Å². The fraction of sp³-hybridized carbons (Fsp3) is 0.562. The van der Waals surface area contributed by atoms with Crippen LogP contribution in [0.15, 0.2) is 23.1 Å². The average molecular weight is 438 g/mol. The van der Waals surface area contributed by atoms with Crippen molar-refractivity contribution in [2.24, 2.45) is 0 Å². The number of carboxylic acid groups (broad SMARTS) is 1. The second-order valence-corrected chi connectivity index (χ2v) is 11.2. The van der Waals surface area contributed by atoms with E-state index in [4.69, 9.17) is 21.4 Å². The number of sulfonamides is 1. The molecule has 0 bridgehead atoms. The molecule has 0 unspecified atom stereocenters. The summed E-state index contributed by atoms with van der Waals surface area (Å²) in [5.41, 5.74) is -0.214. The third kappa shape index (κ3) is 4.45. The van der Waals surface area contributed by atoms with Gasteiger partial charge in [0.1, 0.15) is 4.90 Å². The molecule has 150 valence electrons. The Labute approximate surface area is 163 Å². The molecule has 0 aliphatic carbocycles. The highest BCUT2D eigenvalue weighted by Gasteiger charge is 2.41. The fourth-order valence-corrected chi connectivity index (χ4v) is 7.41. The highest BCUT2D eigenvalue weighted by molar-refractivity contribution is 7.92. The molecule has 27 heavy (non-hydrogen) atoms. The van der Waals surface area contributed by atoms with Gasteiger partial charge in [-0.05, 0) is 37.5 Å². The van der Waals surface area contributed by atoms with Gasteiger partial charge < -0.3 is 9.84 Å². The van der Waals surface area contributed by atoms with Crippen molar-refractivity contribution in [1.29, 1.82) is 0 Å². The first kappa shape index (κ1) is 20.5. The fourth-order valence-electron chi connectivity index (χ4n) is 3.40. The predicted octanol–water partition coefficient (Wildman–Crippen LogP) is 1.40. The second kappa shape index (κ2) is 7.67. The van der Waals surface area contributed by atoms with Crippen LogP contribution >= 0.6 is 11.6 Å². The zero-order valence-corrected chi connectivity index (χ0v) is 16.8. The van der Waals surface area contributed by atoms with Gasteiger partial charge in [0.2, 0.25) is 10.0 Å². The van der Waals surface area contributed by atoms with E-state index in [1.807, 2.05) is 0 Å². The standard InChI is InChI=1S/C16H20ClNO7S2/c17-14-4-3-11(16(19)20)8-15(14)27(23,24)18(9-13-2-1-6-25-13)12-5-7-26(21,22)10-12/h3-4,8,12-13H,1-2,5-7,9-10H2,(H,19,20)/t12-,13+/m1/s1. The molecule has 0 radical (unpaired) electrons. The van der Waals surface area contributed by atoms with Crippen molar-refractivity contribution in [1.82, 2.24) is 4.31 Å². The number of nitrogens with zero attached hydrogens (tertiary/aromatic N) is 1. The van der Waals surface area contributed by atoms with Crippen molar-refractivity contribution in [2.75, 3.05) is 24.7 Å². The summed E-state index contributed by atoms with van der Waals surface area (Å²) in [4.78, 5) is 10.9. The molecule has 0 spiro atoms. The van der Waals surface area contributed by atoms with Gasteiger partial charge in [-0.2, -0.15) is 4.31 Å². The van der Waals surface area contributed by atoms with Crippen molar-refractivity contribution in [3.8, 4) is 0 Å². The summed E-state index contributed by atoms with van der Waals surface area (Å²) in [6, 6.07) is 2.71. The number of rotatable bonds is 6. The Hall–Kier alpha value is -1.20. The van der Waals surface area contributed by atoms with E-state index in [1.54, 1.807) is 0 Å². The molecular weight excluding hydrogens is 418 g/mol. The first-order chi connectivity index (χ1) is 12.6. The molecule has 0 saturated carbocycles. The Bertz CT molecular complexity index is 940. The molecular formula is C16H20ClNO7S2. The zero-order valence-electron chi connectivity index (χ0n) is 14.4. The van der Waals surface area contributed by atoms with Crippen LogP contribution < -0.4 is 0 Å². The molecule has 2 fully saturated rings. The zero-order chi connectivity index (χ0) is 19.8. The van der Waals surface area contributed by atoms with Crippen LogP contribution in [0, 0.1) is 0 Å². The van der Waals surface area contributed by atoms with Gasteiger partial charge in [-0.3, -0.25) is 0 Å². The molecule has 8 nitrogen and oxygen atoms in total. The Balaban J connectivity index is 2.01. The number of carbonyl (C=O) groups is 1. The van der Waals surface area contributed by atoms with Crippen molar-refractivity contribution in [3.05, 3.63) is 28.8 Å². The number of hydrogen-bond donors (Lipinski definition) is 1. The van der Waals surface area contributed by atoms with Crippen molar-refractivity contribution in [2.45, 2.75) is 36.3 Å². The number of aromatic carboxylic acids is 1. The summed E-state index contributed by atoms with van der Waals surface area (Å²) in [6.45, 7) is 0.535. The second-order valence-electron chi connectivity index (χ2n) is 6.72.